The van der Waals surface area contributed by atoms with Gasteiger partial charge in [0.1, 0.15) is 5.82 Å². The second kappa shape index (κ2) is 6.05. The van der Waals surface area contributed by atoms with Gasteiger partial charge in [-0.3, -0.25) is 4.79 Å². The van der Waals surface area contributed by atoms with Gasteiger partial charge in [0.15, 0.2) is 11.3 Å². The van der Waals surface area contributed by atoms with Crippen LogP contribution in [0.15, 0.2) is 41.3 Å². The van der Waals surface area contributed by atoms with Crippen molar-refractivity contribution in [2.45, 2.75) is 19.8 Å². The van der Waals surface area contributed by atoms with Crippen LogP contribution in [-0.4, -0.2) is 32.8 Å². The van der Waals surface area contributed by atoms with Crippen LogP contribution >= 0.6 is 0 Å². The number of imidazole rings is 1. The number of benzene rings is 1. The van der Waals surface area contributed by atoms with Crippen molar-refractivity contribution >= 4 is 11.1 Å². The zero-order valence-corrected chi connectivity index (χ0v) is 13.5. The lowest BCUT2D eigenvalue weighted by atomic mass is 10.1. The monoisotopic (exact) mass is 322 g/mol. The average molecular weight is 322 g/mol. The van der Waals surface area contributed by atoms with Gasteiger partial charge >= 0.3 is 0 Å². The minimum absolute atomic E-state index is 0.168. The fourth-order valence-corrected chi connectivity index (χ4v) is 2.87. The Morgan fingerprint density at radius 3 is 2.88 bits per heavy atom. The number of aromatic nitrogens is 4. The molecule has 0 saturated heterocycles. The summed E-state index contributed by atoms with van der Waals surface area (Å²) in [6, 6.07) is 8.22. The number of hydrogen-bond donors (Lipinski definition) is 1. The molecular formula is C18H18N4O2. The number of ether oxygens (including phenoxy) is 1. The summed E-state index contributed by atoms with van der Waals surface area (Å²) in [4.78, 5) is 19.6. The molecule has 3 heterocycles. The summed E-state index contributed by atoms with van der Waals surface area (Å²) in [6.45, 7) is 3.29. The summed E-state index contributed by atoms with van der Waals surface area (Å²) in [5.41, 5.74) is 3.68. The lowest BCUT2D eigenvalue weighted by molar-refractivity contribution is 0.161. The number of nitrogens with one attached hydrogen (secondary N) is 1. The van der Waals surface area contributed by atoms with Crippen LogP contribution in [0.1, 0.15) is 29.2 Å². The predicted molar refractivity (Wildman–Crippen MR) is 91.0 cm³/mol. The highest BCUT2D eigenvalue weighted by Crippen LogP contribution is 2.19. The molecule has 0 amide bonds. The largest absolute Gasteiger partial charge is 0.377 e. The molecule has 0 fully saturated rings. The highest BCUT2D eigenvalue weighted by molar-refractivity contribution is 5.64. The van der Waals surface area contributed by atoms with E-state index in [1.807, 2.05) is 6.08 Å². The Hall–Kier alpha value is -2.73. The maximum absolute atomic E-state index is 12.3. The van der Waals surface area contributed by atoms with Crippen LogP contribution in [0.2, 0.25) is 0 Å². The molecule has 6 nitrogen and oxygen atoms in total. The lowest BCUT2D eigenvalue weighted by Crippen LogP contribution is -2.17. The summed E-state index contributed by atoms with van der Waals surface area (Å²) >= 11 is 0. The third-order valence-electron chi connectivity index (χ3n) is 4.19. The second-order valence-electron chi connectivity index (χ2n) is 6.00. The summed E-state index contributed by atoms with van der Waals surface area (Å²) in [6.07, 6.45) is 4.93. The van der Waals surface area contributed by atoms with Crippen LogP contribution in [0.5, 0.6) is 0 Å². The Balaban J connectivity index is 1.76. The van der Waals surface area contributed by atoms with E-state index in [1.54, 1.807) is 10.7 Å². The topological polar surface area (TPSA) is 72.3 Å². The number of hydrogen-bond acceptors (Lipinski definition) is 4. The Morgan fingerprint density at radius 1 is 1.29 bits per heavy atom. The maximum atomic E-state index is 12.3. The molecule has 2 aromatic heterocycles. The van der Waals surface area contributed by atoms with Crippen LogP contribution in [-0.2, 0) is 11.2 Å². The molecule has 1 aliphatic rings. The molecule has 4 rings (SSSR count). The zero-order chi connectivity index (χ0) is 16.5. The first-order chi connectivity index (χ1) is 11.7. The standard InChI is InChI=1S/C18H18N4O2/c1-12-2-4-13(5-3-12)10-16-20-18(23)15-11-19-17(22(15)21-16)14-6-8-24-9-7-14/h2-6,11H,7-10H2,1H3,(H,20,21,23). The van der Waals surface area contributed by atoms with E-state index in [4.69, 9.17) is 4.74 Å². The molecule has 0 bridgehead atoms. The molecule has 0 radical (unpaired) electrons. The number of aromatic amines is 1. The van der Waals surface area contributed by atoms with E-state index in [0.29, 0.717) is 31.0 Å². The van der Waals surface area contributed by atoms with Gasteiger partial charge in [0.2, 0.25) is 0 Å². The third-order valence-corrected chi connectivity index (χ3v) is 4.19. The maximum Gasteiger partial charge on any atom is 0.276 e. The molecule has 0 aliphatic carbocycles. The van der Waals surface area contributed by atoms with Gasteiger partial charge in [-0.25, -0.2) is 9.50 Å². The minimum Gasteiger partial charge on any atom is -0.377 e. The summed E-state index contributed by atoms with van der Waals surface area (Å²) in [5.74, 6) is 1.35. The highest BCUT2D eigenvalue weighted by atomic mass is 16.5. The van der Waals surface area contributed by atoms with E-state index < -0.39 is 0 Å². The molecule has 0 saturated carbocycles. The van der Waals surface area contributed by atoms with Crippen LogP contribution in [0.25, 0.3) is 11.1 Å². The van der Waals surface area contributed by atoms with Crippen molar-refractivity contribution in [1.82, 2.24) is 19.6 Å². The van der Waals surface area contributed by atoms with Crippen LogP contribution in [0.4, 0.5) is 0 Å². The molecule has 122 valence electrons. The van der Waals surface area contributed by atoms with E-state index in [2.05, 4.69) is 46.3 Å². The van der Waals surface area contributed by atoms with E-state index in [0.717, 1.165) is 23.4 Å². The SMILES string of the molecule is Cc1ccc(Cc2nn3c(C4=CCOCC4)ncc3c(=O)[nH]2)cc1. The number of fused-ring (bicyclic) bond motifs is 1. The van der Waals surface area contributed by atoms with Gasteiger partial charge in [0.05, 0.1) is 19.4 Å². The van der Waals surface area contributed by atoms with Crippen molar-refractivity contribution in [2.24, 2.45) is 0 Å². The molecule has 3 aromatic rings. The molecule has 24 heavy (non-hydrogen) atoms. The third kappa shape index (κ3) is 2.76. The summed E-state index contributed by atoms with van der Waals surface area (Å²) in [7, 11) is 0. The van der Waals surface area contributed by atoms with Gasteiger partial charge < -0.3 is 9.72 Å². The number of aryl methyl sites for hydroxylation is 1. The Morgan fingerprint density at radius 2 is 2.12 bits per heavy atom. The first-order valence-corrected chi connectivity index (χ1v) is 8.00. The zero-order valence-electron chi connectivity index (χ0n) is 13.5. The average Bonchev–Trinajstić information content (AvgIpc) is 3.02. The van der Waals surface area contributed by atoms with Crippen molar-refractivity contribution in [1.29, 1.82) is 0 Å². The van der Waals surface area contributed by atoms with Crippen LogP contribution < -0.4 is 5.56 Å². The first-order valence-electron chi connectivity index (χ1n) is 8.00. The summed E-state index contributed by atoms with van der Waals surface area (Å²) in [5, 5.41) is 4.61. The lowest BCUT2D eigenvalue weighted by Gasteiger charge is -2.12. The van der Waals surface area contributed by atoms with Crippen molar-refractivity contribution < 1.29 is 4.74 Å². The van der Waals surface area contributed by atoms with Crippen LogP contribution in [0, 0.1) is 6.92 Å². The van der Waals surface area contributed by atoms with Crippen molar-refractivity contribution in [3.05, 3.63) is 69.7 Å². The molecule has 1 N–H and O–H groups in total. The number of nitrogens with zero attached hydrogens (tertiary/aromatic N) is 3. The second-order valence-corrected chi connectivity index (χ2v) is 6.00. The van der Waals surface area contributed by atoms with Crippen molar-refractivity contribution in [3.8, 4) is 0 Å². The molecule has 6 heteroatoms. The van der Waals surface area contributed by atoms with Gasteiger partial charge in [0.25, 0.3) is 5.56 Å². The normalized spacial score (nSPS) is 14.8. The van der Waals surface area contributed by atoms with E-state index in [-0.39, 0.29) is 5.56 Å². The van der Waals surface area contributed by atoms with Gasteiger partial charge in [0, 0.05) is 6.42 Å². The van der Waals surface area contributed by atoms with E-state index >= 15 is 0 Å². The predicted octanol–water partition coefficient (Wildman–Crippen LogP) is 2.12. The number of H-pyrrole nitrogens is 1. The fourth-order valence-electron chi connectivity index (χ4n) is 2.87. The van der Waals surface area contributed by atoms with Crippen LogP contribution in [0.3, 0.4) is 0 Å². The molecule has 0 spiro atoms. The van der Waals surface area contributed by atoms with Crippen molar-refractivity contribution in [3.63, 3.8) is 0 Å². The fraction of sp³-hybridized carbons (Fsp3) is 0.278. The van der Waals surface area contributed by atoms with Gasteiger partial charge in [-0.15, -0.1) is 0 Å². The number of rotatable bonds is 3. The quantitative estimate of drug-likeness (QED) is 0.802. The smallest absolute Gasteiger partial charge is 0.276 e. The minimum atomic E-state index is -0.168. The molecular weight excluding hydrogens is 304 g/mol. The molecule has 0 unspecified atom stereocenters. The molecule has 0 atom stereocenters. The van der Waals surface area contributed by atoms with Crippen molar-refractivity contribution in [2.75, 3.05) is 13.2 Å². The first kappa shape index (κ1) is 14.8. The molecule has 1 aliphatic heterocycles. The van der Waals surface area contributed by atoms with E-state index in [9.17, 15) is 4.79 Å². The Labute approximate surface area is 138 Å². The van der Waals surface area contributed by atoms with E-state index in [1.165, 1.54) is 5.56 Å². The summed E-state index contributed by atoms with van der Waals surface area (Å²) < 4.78 is 7.00. The van der Waals surface area contributed by atoms with Gasteiger partial charge in [-0.2, -0.15) is 5.10 Å². The highest BCUT2D eigenvalue weighted by Gasteiger charge is 2.15. The van der Waals surface area contributed by atoms with Gasteiger partial charge in [-0.05, 0) is 24.5 Å². The Bertz CT molecular complexity index is 967. The molecule has 1 aromatic carbocycles. The van der Waals surface area contributed by atoms with Gasteiger partial charge in [-0.1, -0.05) is 35.9 Å². The Kier molecular flexibility index (Phi) is 3.74.